The van der Waals surface area contributed by atoms with E-state index in [1.54, 1.807) is 12.1 Å². The summed E-state index contributed by atoms with van der Waals surface area (Å²) in [6.45, 7) is -0.0691. The van der Waals surface area contributed by atoms with E-state index in [2.05, 4.69) is 9.97 Å². The molecule has 0 amide bonds. The van der Waals surface area contributed by atoms with Gasteiger partial charge in [-0.15, -0.1) is 0 Å². The van der Waals surface area contributed by atoms with Gasteiger partial charge in [0.2, 0.25) is 0 Å². The van der Waals surface area contributed by atoms with E-state index < -0.39 is 0 Å². The lowest BCUT2D eigenvalue weighted by molar-refractivity contribution is 0.100. The highest BCUT2D eigenvalue weighted by Gasteiger charge is 2.41. The molecule has 1 aromatic heterocycles. The normalized spacial score (nSPS) is 16.0. The van der Waals surface area contributed by atoms with Crippen LogP contribution in [0.4, 0.5) is 4.39 Å². The van der Waals surface area contributed by atoms with Crippen LogP contribution in [0.25, 0.3) is 0 Å². The smallest absolute Gasteiger partial charge is 0.179 e. The molecule has 0 unspecified atom stereocenters. The van der Waals surface area contributed by atoms with Crippen molar-refractivity contribution in [2.75, 3.05) is 6.54 Å². The van der Waals surface area contributed by atoms with Crippen LogP contribution in [0.5, 0.6) is 0 Å². The lowest BCUT2D eigenvalue weighted by atomic mass is 9.62. The Kier molecular flexibility index (Phi) is 4.41. The number of halogens is 2. The van der Waals surface area contributed by atoms with Gasteiger partial charge < -0.3 is 5.73 Å². The van der Waals surface area contributed by atoms with Crippen LogP contribution in [-0.2, 0) is 11.8 Å². The molecule has 1 aliphatic carbocycles. The molecule has 3 rings (SSSR count). The minimum absolute atomic E-state index is 0.0691. The molecule has 1 saturated carbocycles. The molecule has 2 N–H and O–H groups in total. The molecule has 0 saturated heterocycles. The molecule has 0 bridgehead atoms. The Balaban J connectivity index is 1.87. The zero-order valence-electron chi connectivity index (χ0n) is 12.6. The van der Waals surface area contributed by atoms with Gasteiger partial charge in [0.05, 0.1) is 12.1 Å². The maximum Gasteiger partial charge on any atom is 0.179 e. The van der Waals surface area contributed by atoms with E-state index >= 15 is 0 Å². The van der Waals surface area contributed by atoms with E-state index in [0.29, 0.717) is 28.4 Å². The average molecular weight is 334 g/mol. The maximum absolute atomic E-state index is 14.2. The fourth-order valence-corrected chi connectivity index (χ4v) is 3.23. The number of Topliss-reactive ketones (excluding diaryl/α,β-unsaturated/α-hetero) is 1. The summed E-state index contributed by atoms with van der Waals surface area (Å²) in [4.78, 5) is 20.0. The Morgan fingerprint density at radius 3 is 2.57 bits per heavy atom. The Hall–Kier alpha value is -1.85. The van der Waals surface area contributed by atoms with Crippen molar-refractivity contribution in [2.24, 2.45) is 5.73 Å². The molecule has 0 radical (unpaired) electrons. The van der Waals surface area contributed by atoms with E-state index in [0.717, 1.165) is 19.3 Å². The second kappa shape index (κ2) is 6.34. The third-order valence-electron chi connectivity index (χ3n) is 4.52. The molecular formula is C17H17ClFN3O. The standard InChI is InChI=1S/C17H17ClFN3O/c18-12-2-3-14(19)13(6-12)17(4-1-5-17)7-16-21-9-11(10-22-16)15(23)8-20/h2-3,6,9-10H,1,4-5,7-8,20H2. The molecule has 1 aromatic carbocycles. The molecule has 4 nitrogen and oxygen atoms in total. The second-order valence-electron chi connectivity index (χ2n) is 5.95. The quantitative estimate of drug-likeness (QED) is 0.854. The molecule has 0 atom stereocenters. The Morgan fingerprint density at radius 2 is 2.00 bits per heavy atom. The topological polar surface area (TPSA) is 68.9 Å². The number of rotatable bonds is 5. The van der Waals surface area contributed by atoms with Gasteiger partial charge in [0.15, 0.2) is 5.78 Å². The van der Waals surface area contributed by atoms with Crippen LogP contribution >= 0.6 is 11.6 Å². The van der Waals surface area contributed by atoms with Gasteiger partial charge in [-0.3, -0.25) is 4.79 Å². The van der Waals surface area contributed by atoms with Crippen molar-refractivity contribution in [3.8, 4) is 0 Å². The summed E-state index contributed by atoms with van der Waals surface area (Å²) in [5, 5.41) is 0.525. The van der Waals surface area contributed by atoms with Gasteiger partial charge in [-0.05, 0) is 36.6 Å². The maximum atomic E-state index is 14.2. The van der Waals surface area contributed by atoms with Gasteiger partial charge in [0.1, 0.15) is 11.6 Å². The number of nitrogens with zero attached hydrogens (tertiary/aromatic N) is 2. The number of carbonyl (C=O) groups is 1. The highest BCUT2D eigenvalue weighted by molar-refractivity contribution is 6.30. The summed E-state index contributed by atoms with van der Waals surface area (Å²) in [5.74, 6) is 0.150. The molecule has 2 aromatic rings. The minimum atomic E-state index is -0.311. The van der Waals surface area contributed by atoms with Crippen LogP contribution < -0.4 is 5.73 Å². The molecule has 1 fully saturated rings. The largest absolute Gasteiger partial charge is 0.324 e. The summed E-state index contributed by atoms with van der Waals surface area (Å²) in [7, 11) is 0. The zero-order chi connectivity index (χ0) is 16.4. The predicted octanol–water partition coefficient (Wildman–Crippen LogP) is 3.07. The van der Waals surface area contributed by atoms with Crippen molar-refractivity contribution in [3.05, 3.63) is 58.4 Å². The monoisotopic (exact) mass is 333 g/mol. The highest BCUT2D eigenvalue weighted by Crippen LogP contribution is 2.47. The SMILES string of the molecule is NCC(=O)c1cnc(CC2(c3cc(Cl)ccc3F)CCC2)nc1. The first-order chi connectivity index (χ1) is 11.0. The van der Waals surface area contributed by atoms with E-state index in [1.807, 2.05) is 0 Å². The number of nitrogens with two attached hydrogens (primary N) is 1. The van der Waals surface area contributed by atoms with Crippen LogP contribution in [-0.4, -0.2) is 22.3 Å². The number of carbonyl (C=O) groups excluding carboxylic acids is 1. The summed E-state index contributed by atoms with van der Waals surface area (Å²) in [5.41, 5.74) is 6.03. The van der Waals surface area contributed by atoms with Crippen molar-refractivity contribution in [1.82, 2.24) is 9.97 Å². The van der Waals surface area contributed by atoms with Crippen molar-refractivity contribution in [2.45, 2.75) is 31.1 Å². The fraction of sp³-hybridized carbons (Fsp3) is 0.353. The Labute approximate surface area is 138 Å². The fourth-order valence-electron chi connectivity index (χ4n) is 3.06. The van der Waals surface area contributed by atoms with Crippen LogP contribution in [0.1, 0.15) is 41.0 Å². The summed E-state index contributed by atoms with van der Waals surface area (Å²) in [6, 6.07) is 4.65. The van der Waals surface area contributed by atoms with Crippen LogP contribution in [0.15, 0.2) is 30.6 Å². The molecule has 1 heterocycles. The Bertz CT molecular complexity index is 729. The molecule has 6 heteroatoms. The summed E-state index contributed by atoms with van der Waals surface area (Å²) < 4.78 is 14.2. The first-order valence-corrected chi connectivity index (χ1v) is 7.92. The van der Waals surface area contributed by atoms with Crippen LogP contribution in [0, 0.1) is 5.82 Å². The van der Waals surface area contributed by atoms with E-state index in [9.17, 15) is 9.18 Å². The Morgan fingerprint density at radius 1 is 1.30 bits per heavy atom. The first-order valence-electron chi connectivity index (χ1n) is 7.54. The highest BCUT2D eigenvalue weighted by atomic mass is 35.5. The van der Waals surface area contributed by atoms with E-state index in [-0.39, 0.29) is 23.6 Å². The summed E-state index contributed by atoms with van der Waals surface area (Å²) in [6.07, 6.45) is 6.28. The average Bonchev–Trinajstić information content (AvgIpc) is 2.53. The van der Waals surface area contributed by atoms with E-state index in [1.165, 1.54) is 18.5 Å². The number of hydrogen-bond acceptors (Lipinski definition) is 4. The molecule has 0 aliphatic heterocycles. The van der Waals surface area contributed by atoms with Crippen molar-refractivity contribution >= 4 is 17.4 Å². The lowest BCUT2D eigenvalue weighted by Gasteiger charge is -2.42. The molecular weight excluding hydrogens is 317 g/mol. The molecule has 23 heavy (non-hydrogen) atoms. The molecule has 120 valence electrons. The van der Waals surface area contributed by atoms with Crippen molar-refractivity contribution < 1.29 is 9.18 Å². The van der Waals surface area contributed by atoms with Gasteiger partial charge in [-0.1, -0.05) is 18.0 Å². The molecule has 0 spiro atoms. The van der Waals surface area contributed by atoms with Crippen LogP contribution in [0.2, 0.25) is 5.02 Å². The van der Waals surface area contributed by atoms with Crippen molar-refractivity contribution in [1.29, 1.82) is 0 Å². The van der Waals surface area contributed by atoms with E-state index in [4.69, 9.17) is 17.3 Å². The van der Waals surface area contributed by atoms with Gasteiger partial charge in [-0.25, -0.2) is 14.4 Å². The van der Waals surface area contributed by atoms with Gasteiger partial charge in [-0.2, -0.15) is 0 Å². The molecule has 1 aliphatic rings. The predicted molar refractivity (Wildman–Crippen MR) is 86.1 cm³/mol. The minimum Gasteiger partial charge on any atom is -0.324 e. The number of benzene rings is 1. The third kappa shape index (κ3) is 3.12. The number of ketones is 1. The third-order valence-corrected chi connectivity index (χ3v) is 4.75. The zero-order valence-corrected chi connectivity index (χ0v) is 13.3. The van der Waals surface area contributed by atoms with Crippen molar-refractivity contribution in [3.63, 3.8) is 0 Å². The summed E-state index contributed by atoms with van der Waals surface area (Å²) >= 11 is 6.03. The lowest BCUT2D eigenvalue weighted by Crippen LogP contribution is -2.38. The second-order valence-corrected chi connectivity index (χ2v) is 6.39. The van der Waals surface area contributed by atoms with Gasteiger partial charge in [0, 0.05) is 29.3 Å². The number of aromatic nitrogens is 2. The van der Waals surface area contributed by atoms with Gasteiger partial charge in [0.25, 0.3) is 0 Å². The van der Waals surface area contributed by atoms with Gasteiger partial charge >= 0.3 is 0 Å². The number of hydrogen-bond donors (Lipinski definition) is 1. The first kappa shape index (κ1) is 16.0. The van der Waals surface area contributed by atoms with Crippen LogP contribution in [0.3, 0.4) is 0 Å².